The van der Waals surface area contributed by atoms with Crippen molar-refractivity contribution < 1.29 is 24.8 Å². The zero-order valence-corrected chi connectivity index (χ0v) is 15.4. The minimum atomic E-state index is -0.961. The van der Waals surface area contributed by atoms with Crippen molar-refractivity contribution >= 4 is 11.9 Å². The maximum absolute atomic E-state index is 11.5. The lowest BCUT2D eigenvalue weighted by molar-refractivity contribution is -0.242. The van der Waals surface area contributed by atoms with Gasteiger partial charge in [-0.2, -0.15) is 5.26 Å². The highest BCUT2D eigenvalue weighted by atomic mass is 17.1. The van der Waals surface area contributed by atoms with E-state index in [0.29, 0.717) is 18.8 Å². The Hall–Kier alpha value is -1.10. The van der Waals surface area contributed by atoms with Gasteiger partial charge in [0.1, 0.15) is 0 Å². The molecule has 0 bridgehead atoms. The smallest absolute Gasteiger partial charge is 0.345 e. The van der Waals surface area contributed by atoms with Crippen LogP contribution >= 0.6 is 0 Å². The minimum absolute atomic E-state index is 0.358. The largest absolute Gasteiger partial charge is 0.481 e. The molecule has 4 atom stereocenters. The standard InChI is InChI=1S/C19H34O5/c1-13(2)6-4-7-14(3)8-5-9-15-10-11-16(19(22)24-23)17(12-15)18(20)21/h13-17,23H,4-12H2,1-3H3,(H,20,21). The van der Waals surface area contributed by atoms with Gasteiger partial charge in [-0.05, 0) is 37.0 Å². The summed E-state index contributed by atoms with van der Waals surface area (Å²) in [7, 11) is 0. The van der Waals surface area contributed by atoms with Crippen LogP contribution in [0.4, 0.5) is 0 Å². The third-order valence-electron chi connectivity index (χ3n) is 5.46. The van der Waals surface area contributed by atoms with Crippen LogP contribution in [0.2, 0.25) is 0 Å². The van der Waals surface area contributed by atoms with E-state index >= 15 is 0 Å². The van der Waals surface area contributed by atoms with E-state index in [4.69, 9.17) is 5.26 Å². The van der Waals surface area contributed by atoms with Crippen LogP contribution in [0.5, 0.6) is 0 Å². The van der Waals surface area contributed by atoms with Crippen LogP contribution in [0, 0.1) is 29.6 Å². The lowest BCUT2D eigenvalue weighted by Gasteiger charge is -2.31. The zero-order chi connectivity index (χ0) is 18.1. The van der Waals surface area contributed by atoms with E-state index in [0.717, 1.165) is 31.1 Å². The molecule has 2 N–H and O–H groups in total. The summed E-state index contributed by atoms with van der Waals surface area (Å²) in [5.74, 6) is -1.36. The van der Waals surface area contributed by atoms with Gasteiger partial charge in [0.25, 0.3) is 0 Å². The number of carboxylic acid groups (broad SMARTS) is 1. The molecule has 24 heavy (non-hydrogen) atoms. The average molecular weight is 342 g/mol. The highest BCUT2D eigenvalue weighted by Gasteiger charge is 2.40. The molecule has 0 aliphatic heterocycles. The van der Waals surface area contributed by atoms with Crippen LogP contribution in [-0.2, 0) is 14.5 Å². The SMILES string of the molecule is CC(C)CCCC(C)CCCC1CCC(C(=O)OO)C(C(=O)O)C1. The minimum Gasteiger partial charge on any atom is -0.481 e. The lowest BCUT2D eigenvalue weighted by Crippen LogP contribution is -2.36. The summed E-state index contributed by atoms with van der Waals surface area (Å²) in [5.41, 5.74) is 0. The number of aliphatic carboxylic acids is 1. The summed E-state index contributed by atoms with van der Waals surface area (Å²) < 4.78 is 0. The molecule has 0 radical (unpaired) electrons. The highest BCUT2D eigenvalue weighted by molar-refractivity contribution is 5.81. The molecule has 5 heteroatoms. The number of carbonyl (C=O) groups excluding carboxylic acids is 1. The first-order valence-electron chi connectivity index (χ1n) is 9.43. The van der Waals surface area contributed by atoms with E-state index in [1.54, 1.807) is 0 Å². The molecule has 0 aromatic carbocycles. The number of hydrogen-bond acceptors (Lipinski definition) is 4. The van der Waals surface area contributed by atoms with Crippen LogP contribution in [0.3, 0.4) is 0 Å². The second kappa shape index (κ2) is 10.7. The van der Waals surface area contributed by atoms with Gasteiger partial charge in [-0.25, -0.2) is 4.79 Å². The monoisotopic (exact) mass is 342 g/mol. The van der Waals surface area contributed by atoms with E-state index in [1.165, 1.54) is 25.7 Å². The van der Waals surface area contributed by atoms with Crippen molar-refractivity contribution in [3.63, 3.8) is 0 Å². The first kappa shape index (κ1) is 20.9. The molecule has 1 aliphatic carbocycles. The van der Waals surface area contributed by atoms with Gasteiger partial charge in [-0.3, -0.25) is 4.79 Å². The van der Waals surface area contributed by atoms with Crippen molar-refractivity contribution in [3.8, 4) is 0 Å². The van der Waals surface area contributed by atoms with Crippen molar-refractivity contribution in [2.45, 2.75) is 78.6 Å². The van der Waals surface area contributed by atoms with Crippen LogP contribution in [0.15, 0.2) is 0 Å². The maximum Gasteiger partial charge on any atom is 0.345 e. The summed E-state index contributed by atoms with van der Waals surface area (Å²) in [6, 6.07) is 0. The van der Waals surface area contributed by atoms with Gasteiger partial charge in [0.05, 0.1) is 11.8 Å². The molecule has 140 valence electrons. The fourth-order valence-corrected chi connectivity index (χ4v) is 3.92. The van der Waals surface area contributed by atoms with Crippen molar-refractivity contribution in [1.82, 2.24) is 0 Å². The molecule has 0 aromatic rings. The van der Waals surface area contributed by atoms with Gasteiger partial charge in [-0.15, -0.1) is 0 Å². The third-order valence-corrected chi connectivity index (χ3v) is 5.46. The van der Waals surface area contributed by atoms with Gasteiger partial charge < -0.3 is 9.99 Å². The van der Waals surface area contributed by atoms with Gasteiger partial charge in [0, 0.05) is 0 Å². The predicted molar refractivity (Wildman–Crippen MR) is 92.4 cm³/mol. The number of carbonyl (C=O) groups is 2. The molecule has 1 rings (SSSR count). The third kappa shape index (κ3) is 7.20. The molecule has 1 aliphatic rings. The zero-order valence-electron chi connectivity index (χ0n) is 15.4. The molecule has 0 heterocycles. The quantitative estimate of drug-likeness (QED) is 0.442. The summed E-state index contributed by atoms with van der Waals surface area (Å²) in [5, 5.41) is 17.9. The van der Waals surface area contributed by atoms with Gasteiger partial charge in [0.2, 0.25) is 0 Å². The first-order valence-corrected chi connectivity index (χ1v) is 9.43. The van der Waals surface area contributed by atoms with Crippen molar-refractivity contribution in [3.05, 3.63) is 0 Å². The summed E-state index contributed by atoms with van der Waals surface area (Å²) in [6.07, 6.45) is 9.02. The van der Waals surface area contributed by atoms with Crippen LogP contribution in [0.1, 0.15) is 78.6 Å². The Morgan fingerprint density at radius 2 is 1.71 bits per heavy atom. The summed E-state index contributed by atoms with van der Waals surface area (Å²) >= 11 is 0. The Morgan fingerprint density at radius 1 is 1.04 bits per heavy atom. The normalized spacial score (nSPS) is 25.5. The Morgan fingerprint density at radius 3 is 2.29 bits per heavy atom. The molecular formula is C19H34O5. The Balaban J connectivity index is 2.32. The topological polar surface area (TPSA) is 83.8 Å². The number of rotatable bonds is 10. The molecule has 5 nitrogen and oxygen atoms in total. The molecule has 0 aromatic heterocycles. The fourth-order valence-electron chi connectivity index (χ4n) is 3.92. The van der Waals surface area contributed by atoms with E-state index in [1.807, 2.05) is 0 Å². The Kier molecular flexibility index (Phi) is 9.34. The van der Waals surface area contributed by atoms with Crippen LogP contribution < -0.4 is 0 Å². The van der Waals surface area contributed by atoms with E-state index in [-0.39, 0.29) is 0 Å². The van der Waals surface area contributed by atoms with Gasteiger partial charge in [-0.1, -0.05) is 59.3 Å². The molecule has 0 spiro atoms. The van der Waals surface area contributed by atoms with Crippen LogP contribution in [0.25, 0.3) is 0 Å². The number of hydrogen-bond donors (Lipinski definition) is 2. The Labute approximate surface area is 145 Å². The summed E-state index contributed by atoms with van der Waals surface area (Å²) in [4.78, 5) is 26.7. The van der Waals surface area contributed by atoms with Gasteiger partial charge in [0.15, 0.2) is 0 Å². The highest BCUT2D eigenvalue weighted by Crippen LogP contribution is 2.37. The second-order valence-corrected chi connectivity index (χ2v) is 8.00. The summed E-state index contributed by atoms with van der Waals surface area (Å²) in [6.45, 7) is 6.81. The second-order valence-electron chi connectivity index (χ2n) is 8.00. The first-order chi connectivity index (χ1) is 11.3. The molecule has 0 amide bonds. The predicted octanol–water partition coefficient (Wildman–Crippen LogP) is 4.75. The van der Waals surface area contributed by atoms with Crippen molar-refractivity contribution in [1.29, 1.82) is 0 Å². The van der Waals surface area contributed by atoms with Crippen molar-refractivity contribution in [2.75, 3.05) is 0 Å². The van der Waals surface area contributed by atoms with E-state index < -0.39 is 23.8 Å². The van der Waals surface area contributed by atoms with Crippen molar-refractivity contribution in [2.24, 2.45) is 29.6 Å². The van der Waals surface area contributed by atoms with Crippen LogP contribution in [-0.4, -0.2) is 22.3 Å². The fraction of sp³-hybridized carbons (Fsp3) is 0.895. The maximum atomic E-state index is 11.5. The Bertz CT molecular complexity index is 393. The van der Waals surface area contributed by atoms with E-state index in [2.05, 4.69) is 25.7 Å². The molecule has 1 fully saturated rings. The van der Waals surface area contributed by atoms with Gasteiger partial charge >= 0.3 is 11.9 Å². The molecule has 4 unspecified atom stereocenters. The molecule has 0 saturated heterocycles. The van der Waals surface area contributed by atoms with E-state index in [9.17, 15) is 14.7 Å². The average Bonchev–Trinajstić information content (AvgIpc) is 2.53. The number of carboxylic acids is 1. The molecular weight excluding hydrogens is 308 g/mol. The lowest BCUT2D eigenvalue weighted by atomic mass is 9.72. The molecule has 1 saturated carbocycles.